The molecule has 1 aromatic carbocycles. The predicted octanol–water partition coefficient (Wildman–Crippen LogP) is 3.39. The molecule has 188 valence electrons. The van der Waals surface area contributed by atoms with Crippen LogP contribution in [-0.4, -0.2) is 57.1 Å². The fourth-order valence-electron chi connectivity index (χ4n) is 5.14. The van der Waals surface area contributed by atoms with Crippen LogP contribution in [0.5, 0.6) is 0 Å². The summed E-state index contributed by atoms with van der Waals surface area (Å²) in [7, 11) is 0. The molecule has 2 aliphatic rings. The van der Waals surface area contributed by atoms with Crippen LogP contribution in [0.25, 0.3) is 22.5 Å². The minimum atomic E-state index is -0.891. The second-order valence-electron chi connectivity index (χ2n) is 8.85. The van der Waals surface area contributed by atoms with Gasteiger partial charge in [0.05, 0.1) is 18.3 Å². The minimum absolute atomic E-state index is 0.0897. The topological polar surface area (TPSA) is 126 Å². The van der Waals surface area contributed by atoms with Gasteiger partial charge < -0.3 is 15.0 Å². The van der Waals surface area contributed by atoms with Gasteiger partial charge in [-0.25, -0.2) is 9.37 Å². The maximum Gasteiger partial charge on any atom is 0.247 e. The standard InChI is InChI=1S/C24H19ClF2N8O2/c25-13-1-3-18(34-11-29-32-33-34)16(9-13)12-7-14-2-4-19(35(14)20(37)8-12)24-30-22(23(27)31-24)15-5-6-28-17(10-36)21(15)26/h1,3,5-6,8-9,11,14,19,36H,2,4,7,10H2,(H,30,31)/t14-,19+/m1/s1. The van der Waals surface area contributed by atoms with Crippen molar-refractivity contribution in [2.24, 2.45) is 0 Å². The van der Waals surface area contributed by atoms with Gasteiger partial charge in [0.25, 0.3) is 0 Å². The Labute approximate surface area is 213 Å². The quantitative estimate of drug-likeness (QED) is 0.410. The summed E-state index contributed by atoms with van der Waals surface area (Å²) < 4.78 is 31.0. The van der Waals surface area contributed by atoms with Crippen LogP contribution in [0.15, 0.2) is 42.9 Å². The number of rotatable bonds is 5. The number of carbonyl (C=O) groups is 1. The molecule has 10 nitrogen and oxygen atoms in total. The molecule has 1 saturated heterocycles. The van der Waals surface area contributed by atoms with Gasteiger partial charge in [-0.15, -0.1) is 5.10 Å². The van der Waals surface area contributed by atoms with Crippen molar-refractivity contribution in [1.82, 2.24) is 40.1 Å². The van der Waals surface area contributed by atoms with E-state index < -0.39 is 24.4 Å². The third-order valence-electron chi connectivity index (χ3n) is 6.78. The number of hydrogen-bond donors (Lipinski definition) is 2. The Morgan fingerprint density at radius 3 is 2.84 bits per heavy atom. The van der Waals surface area contributed by atoms with Crippen molar-refractivity contribution in [3.05, 3.63) is 76.7 Å². The van der Waals surface area contributed by atoms with Crippen molar-refractivity contribution in [2.75, 3.05) is 0 Å². The number of hydrogen-bond acceptors (Lipinski definition) is 7. The number of halogens is 3. The molecule has 5 heterocycles. The van der Waals surface area contributed by atoms with Crippen LogP contribution >= 0.6 is 11.6 Å². The van der Waals surface area contributed by atoms with Crippen molar-refractivity contribution < 1.29 is 18.7 Å². The lowest BCUT2D eigenvalue weighted by Crippen LogP contribution is -2.39. The van der Waals surface area contributed by atoms with Gasteiger partial charge in [0.15, 0.2) is 5.82 Å². The number of aromatic nitrogens is 7. The molecule has 2 aliphatic heterocycles. The summed E-state index contributed by atoms with van der Waals surface area (Å²) in [6.45, 7) is -0.620. The number of tetrazole rings is 1. The van der Waals surface area contributed by atoms with Crippen molar-refractivity contribution in [2.45, 2.75) is 38.0 Å². The molecule has 0 unspecified atom stereocenters. The van der Waals surface area contributed by atoms with Gasteiger partial charge in [-0.3, -0.25) is 9.78 Å². The first-order valence-electron chi connectivity index (χ1n) is 11.5. The summed E-state index contributed by atoms with van der Waals surface area (Å²) in [5, 5.41) is 21.1. The van der Waals surface area contributed by atoms with E-state index in [-0.39, 0.29) is 34.7 Å². The lowest BCUT2D eigenvalue weighted by Gasteiger charge is -2.33. The van der Waals surface area contributed by atoms with Gasteiger partial charge >= 0.3 is 0 Å². The minimum Gasteiger partial charge on any atom is -0.390 e. The molecule has 1 fully saturated rings. The summed E-state index contributed by atoms with van der Waals surface area (Å²) in [5.74, 6) is -1.73. The molecule has 1 amide bonds. The van der Waals surface area contributed by atoms with Crippen LogP contribution in [0.3, 0.4) is 0 Å². The van der Waals surface area contributed by atoms with Crippen LogP contribution in [0.4, 0.5) is 8.78 Å². The molecule has 0 bridgehead atoms. The maximum atomic E-state index is 14.8. The number of aliphatic hydroxyl groups excluding tert-OH is 1. The first-order chi connectivity index (χ1) is 17.9. The molecule has 0 saturated carbocycles. The van der Waals surface area contributed by atoms with Gasteiger partial charge in [0.2, 0.25) is 11.9 Å². The van der Waals surface area contributed by atoms with Gasteiger partial charge in [-0.05, 0) is 59.5 Å². The van der Waals surface area contributed by atoms with Crippen LogP contribution in [0.2, 0.25) is 5.02 Å². The van der Waals surface area contributed by atoms with Gasteiger partial charge in [-0.1, -0.05) is 11.6 Å². The zero-order valence-electron chi connectivity index (χ0n) is 19.1. The van der Waals surface area contributed by atoms with E-state index in [0.29, 0.717) is 30.0 Å². The molecule has 6 rings (SSSR count). The van der Waals surface area contributed by atoms with Crippen molar-refractivity contribution >= 4 is 23.1 Å². The Balaban J connectivity index is 1.33. The number of nitrogens with zero attached hydrogens (tertiary/aromatic N) is 7. The van der Waals surface area contributed by atoms with Crippen LogP contribution in [-0.2, 0) is 11.4 Å². The van der Waals surface area contributed by atoms with Gasteiger partial charge in [0, 0.05) is 34.5 Å². The highest BCUT2D eigenvalue weighted by molar-refractivity contribution is 6.30. The van der Waals surface area contributed by atoms with E-state index in [1.165, 1.54) is 23.3 Å². The zero-order valence-corrected chi connectivity index (χ0v) is 19.9. The Kier molecular flexibility index (Phi) is 5.76. The Hall–Kier alpha value is -4.03. The molecule has 2 N–H and O–H groups in total. The summed E-state index contributed by atoms with van der Waals surface area (Å²) in [4.78, 5) is 25.7. The number of H-pyrrole nitrogens is 1. The molecule has 2 atom stereocenters. The van der Waals surface area contributed by atoms with Gasteiger partial charge in [0.1, 0.15) is 23.5 Å². The lowest BCUT2D eigenvalue weighted by molar-refractivity contribution is -0.129. The number of fused-ring (bicyclic) bond motifs is 1. The number of carbonyl (C=O) groups excluding carboxylic acids is 1. The Morgan fingerprint density at radius 1 is 1.19 bits per heavy atom. The number of aliphatic hydroxyl groups is 1. The molecular weight excluding hydrogens is 506 g/mol. The van der Waals surface area contributed by atoms with Crippen molar-refractivity contribution in [1.29, 1.82) is 0 Å². The van der Waals surface area contributed by atoms with E-state index in [2.05, 4.69) is 30.5 Å². The van der Waals surface area contributed by atoms with E-state index in [1.807, 2.05) is 0 Å². The van der Waals surface area contributed by atoms with Crippen LogP contribution < -0.4 is 0 Å². The lowest BCUT2D eigenvalue weighted by atomic mass is 9.92. The molecule has 13 heteroatoms. The number of aromatic amines is 1. The van der Waals surface area contributed by atoms with E-state index in [0.717, 1.165) is 11.1 Å². The molecule has 37 heavy (non-hydrogen) atoms. The molecular formula is C24H19ClF2N8O2. The average Bonchev–Trinajstić information content (AvgIpc) is 3.64. The molecule has 0 radical (unpaired) electrons. The first kappa shape index (κ1) is 23.4. The zero-order chi connectivity index (χ0) is 25.7. The highest BCUT2D eigenvalue weighted by atomic mass is 35.5. The number of amides is 1. The predicted molar refractivity (Wildman–Crippen MR) is 127 cm³/mol. The summed E-state index contributed by atoms with van der Waals surface area (Å²) >= 11 is 6.27. The van der Waals surface area contributed by atoms with Crippen LogP contribution in [0.1, 0.15) is 42.4 Å². The largest absolute Gasteiger partial charge is 0.390 e. The first-order valence-corrected chi connectivity index (χ1v) is 11.9. The smallest absolute Gasteiger partial charge is 0.247 e. The average molecular weight is 525 g/mol. The van der Waals surface area contributed by atoms with E-state index in [1.54, 1.807) is 29.2 Å². The van der Waals surface area contributed by atoms with E-state index in [9.17, 15) is 18.7 Å². The number of imidazole rings is 1. The fourth-order valence-corrected chi connectivity index (χ4v) is 5.31. The summed E-state index contributed by atoms with van der Waals surface area (Å²) in [6, 6.07) is 5.95. The third-order valence-corrected chi connectivity index (χ3v) is 7.02. The number of pyridine rings is 1. The molecule has 4 aromatic rings. The third kappa shape index (κ3) is 3.98. The second-order valence-corrected chi connectivity index (χ2v) is 9.28. The Bertz CT molecular complexity index is 1540. The highest BCUT2D eigenvalue weighted by Crippen LogP contribution is 2.43. The molecule has 0 aliphatic carbocycles. The fraction of sp³-hybridized carbons (Fsp3) is 0.250. The second kappa shape index (κ2) is 9.12. The van der Waals surface area contributed by atoms with Crippen molar-refractivity contribution in [3.63, 3.8) is 0 Å². The number of nitrogens with one attached hydrogen (secondary N) is 1. The molecule has 3 aromatic heterocycles. The highest BCUT2D eigenvalue weighted by Gasteiger charge is 2.42. The van der Waals surface area contributed by atoms with Gasteiger partial charge in [-0.2, -0.15) is 9.07 Å². The van der Waals surface area contributed by atoms with E-state index in [4.69, 9.17) is 11.6 Å². The monoisotopic (exact) mass is 524 g/mol. The Morgan fingerprint density at radius 2 is 2.05 bits per heavy atom. The van der Waals surface area contributed by atoms with Crippen LogP contribution in [0, 0.1) is 11.8 Å². The van der Waals surface area contributed by atoms with Crippen molar-refractivity contribution in [3.8, 4) is 16.9 Å². The maximum absolute atomic E-state index is 14.8. The van der Waals surface area contributed by atoms with E-state index >= 15 is 0 Å². The summed E-state index contributed by atoms with van der Waals surface area (Å²) in [6.07, 6.45) is 6.07. The SMILES string of the molecule is O=C1C=C(c2cc(Cl)ccc2-n2cnnn2)C[C@H]2CC[C@@H](c3nc(F)c(-c4ccnc(CO)c4F)[nH]3)N12. The normalized spacial score (nSPS) is 19.3. The summed E-state index contributed by atoms with van der Waals surface area (Å²) in [5.41, 5.74) is 1.79. The number of benzene rings is 1. The molecule has 0 spiro atoms.